The Hall–Kier alpha value is -2.33. The number of hydrogen-bond donors (Lipinski definition) is 1. The number of rotatable bonds is 7. The second kappa shape index (κ2) is 9.89. The van der Waals surface area contributed by atoms with E-state index in [1.54, 1.807) is 20.8 Å². The van der Waals surface area contributed by atoms with E-state index in [0.29, 0.717) is 10.7 Å². The molecular weight excluding hydrogens is 520 g/mol. The number of anilines is 1. The average Bonchev–Trinajstić information content (AvgIpc) is 3.26. The second-order valence-electron chi connectivity index (χ2n) is 7.61. The van der Waals surface area contributed by atoms with Crippen molar-refractivity contribution in [2.45, 2.75) is 33.2 Å². The average molecular weight is 537 g/mol. The number of esters is 1. The van der Waals surface area contributed by atoms with Crippen molar-refractivity contribution >= 4 is 75.9 Å². The lowest BCUT2D eigenvalue weighted by Crippen LogP contribution is -2.47. The molecule has 0 aliphatic carbocycles. The zero-order valence-electron chi connectivity index (χ0n) is 17.5. The van der Waals surface area contributed by atoms with Crippen molar-refractivity contribution < 1.29 is 28.4 Å². The van der Waals surface area contributed by atoms with Crippen LogP contribution in [0.15, 0.2) is 10.6 Å². The summed E-state index contributed by atoms with van der Waals surface area (Å²) < 4.78 is 9.92. The number of nitrogens with one attached hydrogen (secondary N) is 1. The number of amides is 3. The van der Waals surface area contributed by atoms with E-state index in [1.807, 2.05) is 0 Å². The molecule has 9 nitrogen and oxygen atoms in total. The van der Waals surface area contributed by atoms with Crippen LogP contribution in [0.5, 0.6) is 0 Å². The number of carbonyl (C=O) groups is 4. The van der Waals surface area contributed by atoms with Crippen molar-refractivity contribution in [1.29, 1.82) is 0 Å². The van der Waals surface area contributed by atoms with Gasteiger partial charge in [-0.05, 0) is 19.3 Å². The summed E-state index contributed by atoms with van der Waals surface area (Å²) in [6.07, 6.45) is 0.0606. The van der Waals surface area contributed by atoms with E-state index in [2.05, 4.69) is 10.5 Å². The van der Waals surface area contributed by atoms with Gasteiger partial charge in [0, 0.05) is 6.07 Å². The third-order valence-corrected chi connectivity index (χ3v) is 6.45. The van der Waals surface area contributed by atoms with Gasteiger partial charge in [0.25, 0.3) is 17.7 Å². The molecular formula is C20H17Cl4N3O6. The summed E-state index contributed by atoms with van der Waals surface area (Å²) in [4.78, 5) is 51.9. The van der Waals surface area contributed by atoms with Gasteiger partial charge in [-0.15, -0.1) is 0 Å². The first kappa shape index (κ1) is 25.3. The molecule has 3 amide bonds. The molecule has 0 bridgehead atoms. The van der Waals surface area contributed by atoms with Crippen LogP contribution >= 0.6 is 46.4 Å². The molecule has 0 unspecified atom stereocenters. The van der Waals surface area contributed by atoms with E-state index in [0.717, 1.165) is 0 Å². The molecule has 1 aromatic heterocycles. The maximum absolute atomic E-state index is 13.1. The Bertz CT molecular complexity index is 1120. The Morgan fingerprint density at radius 2 is 1.61 bits per heavy atom. The maximum atomic E-state index is 13.1. The molecule has 0 radical (unpaired) electrons. The van der Waals surface area contributed by atoms with Gasteiger partial charge in [-0.3, -0.25) is 19.3 Å². The van der Waals surface area contributed by atoms with E-state index in [-0.39, 0.29) is 49.4 Å². The fourth-order valence-electron chi connectivity index (χ4n) is 3.24. The van der Waals surface area contributed by atoms with Crippen molar-refractivity contribution in [3.05, 3.63) is 43.0 Å². The summed E-state index contributed by atoms with van der Waals surface area (Å²) in [6, 6.07) is 0.133. The van der Waals surface area contributed by atoms with Crippen molar-refractivity contribution in [3.63, 3.8) is 0 Å². The number of imide groups is 1. The quantitative estimate of drug-likeness (QED) is 0.234. The Kier molecular flexibility index (Phi) is 7.58. The number of halogens is 4. The summed E-state index contributed by atoms with van der Waals surface area (Å²) in [5.74, 6) is -2.90. The predicted molar refractivity (Wildman–Crippen MR) is 121 cm³/mol. The summed E-state index contributed by atoms with van der Waals surface area (Å²) in [5.41, 5.74) is -0.497. The zero-order chi connectivity index (χ0) is 24.6. The van der Waals surface area contributed by atoms with Gasteiger partial charge < -0.3 is 14.6 Å². The standard InChI is InChI=1S/C20H17Cl4N3O6/c1-7(2)4-9(20(31)32-6-11(28)25-10-5-8(3)33-26-10)27-18(29)12-13(19(27)30)15(22)17(24)16(23)14(12)21/h5,7,9H,4,6H2,1-3H3,(H,25,26,28)/t9-/m0/s1. The number of aromatic nitrogens is 1. The van der Waals surface area contributed by atoms with Crippen LogP contribution in [0.25, 0.3) is 0 Å². The van der Waals surface area contributed by atoms with Crippen LogP contribution in [0.3, 0.4) is 0 Å². The minimum atomic E-state index is -1.34. The number of benzene rings is 1. The highest BCUT2D eigenvalue weighted by molar-refractivity contribution is 6.55. The molecule has 2 aromatic rings. The zero-order valence-corrected chi connectivity index (χ0v) is 20.5. The normalized spacial score (nSPS) is 14.0. The van der Waals surface area contributed by atoms with Gasteiger partial charge in [0.1, 0.15) is 11.8 Å². The SMILES string of the molecule is Cc1cc(NC(=O)COC(=O)[C@H](CC(C)C)N2C(=O)c3c(Cl)c(Cl)c(Cl)c(Cl)c3C2=O)no1. The first-order chi connectivity index (χ1) is 15.4. The Morgan fingerprint density at radius 1 is 1.06 bits per heavy atom. The number of hydrogen-bond acceptors (Lipinski definition) is 7. The number of carbonyl (C=O) groups excluding carboxylic acids is 4. The number of fused-ring (bicyclic) bond motifs is 1. The minimum absolute atomic E-state index is 0.0606. The summed E-state index contributed by atoms with van der Waals surface area (Å²) in [5, 5.41) is 5.12. The van der Waals surface area contributed by atoms with Gasteiger partial charge in [0.2, 0.25) is 0 Å². The molecule has 1 aliphatic heterocycles. The third-order valence-electron chi connectivity index (χ3n) is 4.65. The smallest absolute Gasteiger partial charge is 0.329 e. The van der Waals surface area contributed by atoms with Crippen LogP contribution in [0.1, 0.15) is 46.7 Å². The van der Waals surface area contributed by atoms with Crippen molar-refractivity contribution in [3.8, 4) is 0 Å². The summed E-state index contributed by atoms with van der Waals surface area (Å²) >= 11 is 24.4. The lowest BCUT2D eigenvalue weighted by Gasteiger charge is -2.25. The first-order valence-corrected chi connectivity index (χ1v) is 11.1. The highest BCUT2D eigenvalue weighted by Gasteiger charge is 2.47. The summed E-state index contributed by atoms with van der Waals surface area (Å²) in [7, 11) is 0. The summed E-state index contributed by atoms with van der Waals surface area (Å²) in [6.45, 7) is 4.53. The third kappa shape index (κ3) is 4.96. The molecule has 0 fully saturated rings. The molecule has 1 N–H and O–H groups in total. The molecule has 2 heterocycles. The molecule has 3 rings (SSSR count). The van der Waals surface area contributed by atoms with Gasteiger partial charge in [-0.25, -0.2) is 4.79 Å². The molecule has 1 aromatic carbocycles. The van der Waals surface area contributed by atoms with Gasteiger partial charge in [-0.2, -0.15) is 0 Å². The van der Waals surface area contributed by atoms with Gasteiger partial charge in [0.05, 0.1) is 31.2 Å². The molecule has 0 spiro atoms. The van der Waals surface area contributed by atoms with Crippen LogP contribution in [0, 0.1) is 12.8 Å². The lowest BCUT2D eigenvalue weighted by atomic mass is 10.0. The molecule has 176 valence electrons. The number of nitrogens with zero attached hydrogens (tertiary/aromatic N) is 2. The molecule has 13 heteroatoms. The van der Waals surface area contributed by atoms with Crippen molar-refractivity contribution in [2.75, 3.05) is 11.9 Å². The number of aryl methyl sites for hydroxylation is 1. The first-order valence-electron chi connectivity index (χ1n) is 9.57. The van der Waals surface area contributed by atoms with Crippen LogP contribution in [0.2, 0.25) is 20.1 Å². The molecule has 0 saturated carbocycles. The fourth-order valence-corrected chi connectivity index (χ4v) is 4.25. The predicted octanol–water partition coefficient (Wildman–Crippen LogP) is 4.79. The molecule has 1 aliphatic rings. The van der Waals surface area contributed by atoms with Gasteiger partial charge in [-0.1, -0.05) is 65.4 Å². The van der Waals surface area contributed by atoms with E-state index in [9.17, 15) is 19.2 Å². The fraction of sp³-hybridized carbons (Fsp3) is 0.350. The van der Waals surface area contributed by atoms with Crippen molar-refractivity contribution in [2.24, 2.45) is 5.92 Å². The van der Waals surface area contributed by atoms with Crippen LogP contribution in [-0.4, -0.2) is 46.4 Å². The minimum Gasteiger partial charge on any atom is -0.454 e. The van der Waals surface area contributed by atoms with Crippen molar-refractivity contribution in [1.82, 2.24) is 10.1 Å². The topological polar surface area (TPSA) is 119 Å². The Morgan fingerprint density at radius 3 is 2.06 bits per heavy atom. The monoisotopic (exact) mass is 535 g/mol. The maximum Gasteiger partial charge on any atom is 0.329 e. The van der Waals surface area contributed by atoms with Crippen LogP contribution in [-0.2, 0) is 14.3 Å². The lowest BCUT2D eigenvalue weighted by molar-refractivity contribution is -0.151. The Labute approximate surface area is 208 Å². The van der Waals surface area contributed by atoms with Crippen LogP contribution in [0.4, 0.5) is 5.82 Å². The molecule has 0 saturated heterocycles. The van der Waals surface area contributed by atoms with E-state index >= 15 is 0 Å². The van der Waals surface area contributed by atoms with Gasteiger partial charge >= 0.3 is 5.97 Å². The highest BCUT2D eigenvalue weighted by atomic mass is 35.5. The Balaban J connectivity index is 1.83. The van der Waals surface area contributed by atoms with Crippen LogP contribution < -0.4 is 5.32 Å². The molecule has 33 heavy (non-hydrogen) atoms. The van der Waals surface area contributed by atoms with E-state index < -0.39 is 36.3 Å². The van der Waals surface area contributed by atoms with E-state index in [1.165, 1.54) is 6.07 Å². The second-order valence-corrected chi connectivity index (χ2v) is 9.12. The van der Waals surface area contributed by atoms with E-state index in [4.69, 9.17) is 55.7 Å². The highest BCUT2D eigenvalue weighted by Crippen LogP contribution is 2.45. The largest absolute Gasteiger partial charge is 0.454 e. The number of ether oxygens (including phenoxy) is 1. The molecule has 1 atom stereocenters. The van der Waals surface area contributed by atoms with Gasteiger partial charge in [0.15, 0.2) is 12.4 Å².